The van der Waals surface area contributed by atoms with Crippen LogP contribution in [0.1, 0.15) is 51.0 Å². The molecule has 0 fully saturated rings. The van der Waals surface area contributed by atoms with Crippen molar-refractivity contribution in [1.29, 1.82) is 0 Å². The highest BCUT2D eigenvalue weighted by Gasteiger charge is 2.27. The molecule has 2 N–H and O–H groups in total. The van der Waals surface area contributed by atoms with Crippen molar-refractivity contribution in [3.63, 3.8) is 0 Å². The van der Waals surface area contributed by atoms with Crippen LogP contribution >= 0.6 is 0 Å². The summed E-state index contributed by atoms with van der Waals surface area (Å²) in [5, 5.41) is 11.9. The monoisotopic (exact) mass is 277 g/mol. The van der Waals surface area contributed by atoms with Crippen LogP contribution in [0.25, 0.3) is 0 Å². The predicted molar refractivity (Wildman–Crippen MR) is 78.6 cm³/mol. The minimum absolute atomic E-state index is 0.186. The van der Waals surface area contributed by atoms with Crippen molar-refractivity contribution in [3.8, 4) is 0 Å². The summed E-state index contributed by atoms with van der Waals surface area (Å²) in [5.74, 6) is -1.44. The smallest absolute Gasteiger partial charge is 0.326 e. The lowest BCUT2D eigenvalue weighted by Gasteiger charge is -2.21. The molecular weight excluding hydrogens is 254 g/mol. The topological polar surface area (TPSA) is 66.4 Å². The Hall–Kier alpha value is -1.84. The molecule has 1 unspecified atom stereocenters. The third-order valence-corrected chi connectivity index (χ3v) is 3.42. The molecule has 1 rings (SSSR count). The quantitative estimate of drug-likeness (QED) is 0.718. The van der Waals surface area contributed by atoms with E-state index in [4.69, 9.17) is 0 Å². The van der Waals surface area contributed by atoms with E-state index < -0.39 is 12.0 Å². The van der Waals surface area contributed by atoms with Gasteiger partial charge in [-0.2, -0.15) is 0 Å². The zero-order valence-electron chi connectivity index (χ0n) is 12.1. The van der Waals surface area contributed by atoms with E-state index in [1.165, 1.54) is 0 Å². The van der Waals surface area contributed by atoms with Gasteiger partial charge in [-0.05, 0) is 12.0 Å². The molecule has 4 heteroatoms. The molecule has 0 radical (unpaired) electrons. The molecule has 0 saturated heterocycles. The number of nitrogens with one attached hydrogen (secondary N) is 1. The number of hydrogen-bond acceptors (Lipinski definition) is 2. The van der Waals surface area contributed by atoms with E-state index in [9.17, 15) is 14.7 Å². The number of benzene rings is 1. The molecule has 1 aromatic carbocycles. The molecule has 1 aromatic rings. The molecule has 0 bridgehead atoms. The lowest BCUT2D eigenvalue weighted by Crippen LogP contribution is -2.44. The molecule has 0 aliphatic rings. The summed E-state index contributed by atoms with van der Waals surface area (Å²) in [6.45, 7) is 3.88. The fourth-order valence-corrected chi connectivity index (χ4v) is 2.13. The molecule has 0 aliphatic heterocycles. The second-order valence-electron chi connectivity index (χ2n) is 5.04. The summed E-state index contributed by atoms with van der Waals surface area (Å²) >= 11 is 0. The van der Waals surface area contributed by atoms with Gasteiger partial charge in [0.25, 0.3) is 0 Å². The van der Waals surface area contributed by atoms with E-state index in [1.54, 1.807) is 0 Å². The van der Waals surface area contributed by atoms with Gasteiger partial charge in [-0.3, -0.25) is 4.79 Å². The van der Waals surface area contributed by atoms with E-state index in [0.717, 1.165) is 24.8 Å². The average Bonchev–Trinajstić information content (AvgIpc) is 2.45. The molecule has 2 atom stereocenters. The SMILES string of the molecule is CCCCCC(=O)N[C@H](C(=O)O)C(C)c1ccccc1. The lowest BCUT2D eigenvalue weighted by atomic mass is 9.93. The van der Waals surface area contributed by atoms with Gasteiger partial charge >= 0.3 is 5.97 Å². The Kier molecular flexibility index (Phi) is 6.77. The highest BCUT2D eigenvalue weighted by molar-refractivity contribution is 5.84. The number of amides is 1. The third-order valence-electron chi connectivity index (χ3n) is 3.42. The molecule has 0 aliphatic carbocycles. The van der Waals surface area contributed by atoms with Crippen LogP contribution in [0, 0.1) is 0 Å². The normalized spacial score (nSPS) is 13.5. The van der Waals surface area contributed by atoms with Crippen molar-refractivity contribution in [2.75, 3.05) is 0 Å². The second-order valence-corrected chi connectivity index (χ2v) is 5.04. The first-order valence-electron chi connectivity index (χ1n) is 7.13. The van der Waals surface area contributed by atoms with E-state index in [2.05, 4.69) is 12.2 Å². The van der Waals surface area contributed by atoms with Crippen molar-refractivity contribution < 1.29 is 14.7 Å². The Morgan fingerprint density at radius 3 is 2.40 bits per heavy atom. The fraction of sp³-hybridized carbons (Fsp3) is 0.500. The van der Waals surface area contributed by atoms with Crippen LogP contribution in [0.2, 0.25) is 0 Å². The summed E-state index contributed by atoms with van der Waals surface area (Å²) < 4.78 is 0. The number of aliphatic carboxylic acids is 1. The van der Waals surface area contributed by atoms with Gasteiger partial charge in [0.15, 0.2) is 0 Å². The van der Waals surface area contributed by atoms with Crippen molar-refractivity contribution in [1.82, 2.24) is 5.32 Å². The first-order chi connectivity index (χ1) is 9.56. The van der Waals surface area contributed by atoms with Crippen LogP contribution in [-0.2, 0) is 9.59 Å². The summed E-state index contributed by atoms with van der Waals surface area (Å²) in [7, 11) is 0. The zero-order valence-corrected chi connectivity index (χ0v) is 12.1. The number of unbranched alkanes of at least 4 members (excludes halogenated alkanes) is 2. The van der Waals surface area contributed by atoms with Gasteiger partial charge in [-0.25, -0.2) is 4.79 Å². The van der Waals surface area contributed by atoms with E-state index in [-0.39, 0.29) is 11.8 Å². The summed E-state index contributed by atoms with van der Waals surface area (Å²) in [4.78, 5) is 23.2. The summed E-state index contributed by atoms with van der Waals surface area (Å²) in [6, 6.07) is 8.50. The maximum atomic E-state index is 11.8. The van der Waals surface area contributed by atoms with Crippen molar-refractivity contribution >= 4 is 11.9 Å². The van der Waals surface area contributed by atoms with Crippen molar-refractivity contribution in [3.05, 3.63) is 35.9 Å². The van der Waals surface area contributed by atoms with Gasteiger partial charge in [0.1, 0.15) is 6.04 Å². The molecule has 1 amide bonds. The number of rotatable bonds is 8. The van der Waals surface area contributed by atoms with Crippen LogP contribution in [0.5, 0.6) is 0 Å². The number of carboxylic acid groups (broad SMARTS) is 1. The molecule has 4 nitrogen and oxygen atoms in total. The van der Waals surface area contributed by atoms with Crippen LogP contribution in [-0.4, -0.2) is 23.0 Å². The zero-order chi connectivity index (χ0) is 15.0. The maximum Gasteiger partial charge on any atom is 0.326 e. The highest BCUT2D eigenvalue weighted by Crippen LogP contribution is 2.19. The Morgan fingerprint density at radius 1 is 1.20 bits per heavy atom. The maximum absolute atomic E-state index is 11.8. The lowest BCUT2D eigenvalue weighted by molar-refractivity contribution is -0.142. The molecule has 20 heavy (non-hydrogen) atoms. The molecule has 0 spiro atoms. The van der Waals surface area contributed by atoms with Gasteiger partial charge in [-0.15, -0.1) is 0 Å². The Balaban J connectivity index is 2.65. The Morgan fingerprint density at radius 2 is 1.85 bits per heavy atom. The Labute approximate surface area is 120 Å². The van der Waals surface area contributed by atoms with E-state index in [1.807, 2.05) is 37.3 Å². The minimum Gasteiger partial charge on any atom is -0.480 e. The molecule has 110 valence electrons. The Bertz CT molecular complexity index is 431. The van der Waals surface area contributed by atoms with Gasteiger partial charge in [0.05, 0.1) is 0 Å². The average molecular weight is 277 g/mol. The van der Waals surface area contributed by atoms with Crippen LogP contribution in [0.3, 0.4) is 0 Å². The second kappa shape index (κ2) is 8.35. The number of carbonyl (C=O) groups excluding carboxylic acids is 1. The fourth-order valence-electron chi connectivity index (χ4n) is 2.13. The first kappa shape index (κ1) is 16.2. The van der Waals surface area contributed by atoms with Crippen LogP contribution < -0.4 is 5.32 Å². The first-order valence-corrected chi connectivity index (χ1v) is 7.13. The number of carboxylic acids is 1. The van der Waals surface area contributed by atoms with Crippen molar-refractivity contribution in [2.45, 2.75) is 51.5 Å². The van der Waals surface area contributed by atoms with Gasteiger partial charge in [0, 0.05) is 12.3 Å². The number of carbonyl (C=O) groups is 2. The standard InChI is InChI=1S/C16H23NO3/c1-3-4-6-11-14(18)17-15(16(19)20)12(2)13-9-7-5-8-10-13/h5,7-10,12,15H,3-4,6,11H2,1-2H3,(H,17,18)(H,19,20)/t12?,15-/m0/s1. The molecule has 0 heterocycles. The minimum atomic E-state index is -0.995. The van der Waals surface area contributed by atoms with Gasteiger partial charge in [-0.1, -0.05) is 57.0 Å². The van der Waals surface area contributed by atoms with Gasteiger partial charge in [0.2, 0.25) is 5.91 Å². The van der Waals surface area contributed by atoms with Crippen LogP contribution in [0.15, 0.2) is 30.3 Å². The third kappa shape index (κ3) is 5.03. The van der Waals surface area contributed by atoms with E-state index >= 15 is 0 Å². The molecule has 0 saturated carbocycles. The highest BCUT2D eigenvalue weighted by atomic mass is 16.4. The largest absolute Gasteiger partial charge is 0.480 e. The summed E-state index contributed by atoms with van der Waals surface area (Å²) in [5.41, 5.74) is 0.911. The summed E-state index contributed by atoms with van der Waals surface area (Å²) in [6.07, 6.45) is 3.21. The molecule has 0 aromatic heterocycles. The number of hydrogen-bond donors (Lipinski definition) is 2. The van der Waals surface area contributed by atoms with Gasteiger partial charge < -0.3 is 10.4 Å². The predicted octanol–water partition coefficient (Wildman–Crippen LogP) is 2.94. The van der Waals surface area contributed by atoms with Crippen LogP contribution in [0.4, 0.5) is 0 Å². The van der Waals surface area contributed by atoms with E-state index in [0.29, 0.717) is 6.42 Å². The molecular formula is C16H23NO3. The van der Waals surface area contributed by atoms with Crippen molar-refractivity contribution in [2.24, 2.45) is 0 Å².